The van der Waals surface area contributed by atoms with E-state index in [1.807, 2.05) is 12.1 Å². The maximum Gasteiger partial charge on any atom is 0.209 e. The summed E-state index contributed by atoms with van der Waals surface area (Å²) >= 11 is 12.9. The van der Waals surface area contributed by atoms with Crippen LogP contribution in [0.2, 0.25) is 10.0 Å². The number of hydrogen-bond donors (Lipinski definition) is 0. The highest BCUT2D eigenvalue weighted by molar-refractivity contribution is 6.31. The topological polar surface area (TPSA) is 6.25 Å². The fourth-order valence-corrected chi connectivity index (χ4v) is 6.39. The fraction of sp³-hybridized carbons (Fsp3) is 0.485. The Kier molecular flexibility index (Phi) is 8.61. The summed E-state index contributed by atoms with van der Waals surface area (Å²) in [6, 6.07) is 12.7. The minimum absolute atomic E-state index is 0.107. The van der Waals surface area contributed by atoms with Gasteiger partial charge in [-0.3, -0.25) is 0 Å². The van der Waals surface area contributed by atoms with Gasteiger partial charge in [0.05, 0.1) is 5.41 Å². The van der Waals surface area contributed by atoms with Crippen molar-refractivity contribution in [2.24, 2.45) is 0 Å². The van der Waals surface area contributed by atoms with Gasteiger partial charge in [-0.25, -0.2) is 0 Å². The van der Waals surface area contributed by atoms with Crippen LogP contribution < -0.4 is 4.90 Å². The van der Waals surface area contributed by atoms with Crippen molar-refractivity contribution < 1.29 is 4.58 Å². The molecule has 0 fully saturated rings. The summed E-state index contributed by atoms with van der Waals surface area (Å²) in [6.45, 7) is 15.9. The quantitative estimate of drug-likeness (QED) is 0.215. The second-order valence-electron chi connectivity index (χ2n) is 11.6. The summed E-state index contributed by atoms with van der Waals surface area (Å²) in [6.07, 6.45) is 14.2. The number of allylic oxidation sites excluding steroid dienone is 4. The van der Waals surface area contributed by atoms with E-state index < -0.39 is 0 Å². The number of benzene rings is 2. The Labute approximate surface area is 234 Å². The van der Waals surface area contributed by atoms with Gasteiger partial charge in [-0.05, 0) is 68.7 Å². The molecule has 2 aromatic carbocycles. The minimum atomic E-state index is -0.107. The zero-order valence-corrected chi connectivity index (χ0v) is 25.0. The van der Waals surface area contributed by atoms with Crippen molar-refractivity contribution in [3.8, 4) is 0 Å². The lowest BCUT2D eigenvalue weighted by Gasteiger charge is -2.27. The van der Waals surface area contributed by atoms with Crippen molar-refractivity contribution in [2.75, 3.05) is 18.0 Å². The van der Waals surface area contributed by atoms with E-state index in [0.717, 1.165) is 23.1 Å². The lowest BCUT2D eigenvalue weighted by Crippen LogP contribution is -2.28. The van der Waals surface area contributed by atoms with E-state index >= 15 is 0 Å². The summed E-state index contributed by atoms with van der Waals surface area (Å²) in [5.41, 5.74) is 7.68. The first-order valence-electron chi connectivity index (χ1n) is 14.0. The summed E-state index contributed by atoms with van der Waals surface area (Å²) < 4.78 is 2.52. The van der Waals surface area contributed by atoms with Crippen molar-refractivity contribution in [1.82, 2.24) is 0 Å². The molecule has 0 bridgehead atoms. The summed E-state index contributed by atoms with van der Waals surface area (Å²) in [4.78, 5) is 2.52. The van der Waals surface area contributed by atoms with Gasteiger partial charge >= 0.3 is 0 Å². The van der Waals surface area contributed by atoms with E-state index in [0.29, 0.717) is 0 Å². The highest BCUT2D eigenvalue weighted by atomic mass is 35.5. The maximum atomic E-state index is 6.45. The Morgan fingerprint density at radius 3 is 2.16 bits per heavy atom. The molecule has 2 aliphatic rings. The van der Waals surface area contributed by atoms with Crippen LogP contribution in [-0.2, 0) is 10.8 Å². The molecule has 2 aromatic rings. The molecule has 0 aliphatic carbocycles. The SMILES string of the molecule is CCCCCN1/C(=C/C=C/C2=[N+](CCCCC)c3ccc(Cl)cc3C2(C)C)C(C)(C)c2cc(Cl)ccc21. The van der Waals surface area contributed by atoms with E-state index in [2.05, 4.69) is 93.5 Å². The van der Waals surface area contributed by atoms with Gasteiger partial charge in [0.25, 0.3) is 0 Å². The highest BCUT2D eigenvalue weighted by Crippen LogP contribution is 2.49. The zero-order valence-electron chi connectivity index (χ0n) is 23.5. The third-order valence-electron chi connectivity index (χ3n) is 8.19. The summed E-state index contributed by atoms with van der Waals surface area (Å²) in [7, 11) is 0. The second-order valence-corrected chi connectivity index (χ2v) is 12.5. The number of hydrogen-bond acceptors (Lipinski definition) is 1. The van der Waals surface area contributed by atoms with Gasteiger partial charge in [-0.2, -0.15) is 4.58 Å². The Morgan fingerprint density at radius 1 is 0.811 bits per heavy atom. The summed E-state index contributed by atoms with van der Waals surface area (Å²) in [5, 5.41) is 1.61. The average molecular weight is 539 g/mol. The first kappa shape index (κ1) is 28.0. The van der Waals surface area contributed by atoms with E-state index in [1.54, 1.807) is 0 Å². The monoisotopic (exact) mass is 537 g/mol. The fourth-order valence-electron chi connectivity index (χ4n) is 6.05. The van der Waals surface area contributed by atoms with Gasteiger partial charge in [0.2, 0.25) is 5.69 Å². The Hall–Kier alpha value is -2.03. The molecule has 2 heterocycles. The number of unbranched alkanes of at least 4 members (excludes halogenated alkanes) is 4. The number of fused-ring (bicyclic) bond motifs is 2. The zero-order chi connectivity index (χ0) is 26.8. The Balaban J connectivity index is 1.73. The Bertz CT molecular complexity index is 1230. The van der Waals surface area contributed by atoms with Crippen molar-refractivity contribution in [3.63, 3.8) is 0 Å². The molecule has 2 aliphatic heterocycles. The third kappa shape index (κ3) is 5.43. The van der Waals surface area contributed by atoms with E-state index in [1.165, 1.54) is 72.4 Å². The highest BCUT2D eigenvalue weighted by Gasteiger charge is 2.44. The van der Waals surface area contributed by atoms with Crippen LogP contribution in [0.3, 0.4) is 0 Å². The molecule has 198 valence electrons. The first-order chi connectivity index (χ1) is 17.6. The number of anilines is 1. The van der Waals surface area contributed by atoms with Gasteiger partial charge in [0.1, 0.15) is 6.54 Å². The van der Waals surface area contributed by atoms with Crippen molar-refractivity contribution in [1.29, 1.82) is 0 Å². The minimum Gasteiger partial charge on any atom is -0.344 e. The molecule has 0 N–H and O–H groups in total. The first-order valence-corrected chi connectivity index (χ1v) is 14.8. The molecule has 0 saturated carbocycles. The van der Waals surface area contributed by atoms with Crippen LogP contribution in [0.1, 0.15) is 91.2 Å². The number of nitrogens with zero attached hydrogens (tertiary/aromatic N) is 2. The van der Waals surface area contributed by atoms with E-state index in [4.69, 9.17) is 23.2 Å². The normalized spacial score (nSPS) is 18.8. The maximum absolute atomic E-state index is 6.45. The Morgan fingerprint density at radius 2 is 1.46 bits per heavy atom. The van der Waals surface area contributed by atoms with E-state index in [-0.39, 0.29) is 10.8 Å². The van der Waals surface area contributed by atoms with Gasteiger partial charge < -0.3 is 4.90 Å². The molecular formula is C33H43Cl2N2+. The van der Waals surface area contributed by atoms with Crippen LogP contribution in [0.25, 0.3) is 0 Å². The smallest absolute Gasteiger partial charge is 0.209 e. The second kappa shape index (κ2) is 11.4. The lowest BCUT2D eigenvalue weighted by atomic mass is 9.81. The number of rotatable bonds is 10. The third-order valence-corrected chi connectivity index (χ3v) is 8.66. The van der Waals surface area contributed by atoms with Crippen molar-refractivity contribution in [3.05, 3.63) is 81.5 Å². The molecular weight excluding hydrogens is 495 g/mol. The molecule has 0 aromatic heterocycles. The van der Waals surface area contributed by atoms with E-state index in [9.17, 15) is 0 Å². The van der Waals surface area contributed by atoms with Crippen LogP contribution in [-0.4, -0.2) is 23.4 Å². The predicted molar refractivity (Wildman–Crippen MR) is 162 cm³/mol. The van der Waals surface area contributed by atoms with Crippen molar-refractivity contribution in [2.45, 2.75) is 90.9 Å². The molecule has 37 heavy (non-hydrogen) atoms. The van der Waals surface area contributed by atoms with Crippen LogP contribution in [0, 0.1) is 0 Å². The molecule has 0 radical (unpaired) electrons. The summed E-state index contributed by atoms with van der Waals surface area (Å²) in [5.74, 6) is 0. The number of halogens is 2. The molecule has 4 heteroatoms. The van der Waals surface area contributed by atoms with Gasteiger partial charge in [0.15, 0.2) is 5.71 Å². The molecule has 4 rings (SSSR count). The van der Waals surface area contributed by atoms with Crippen LogP contribution in [0.15, 0.2) is 60.3 Å². The van der Waals surface area contributed by atoms with Crippen LogP contribution in [0.5, 0.6) is 0 Å². The molecule has 0 unspecified atom stereocenters. The van der Waals surface area contributed by atoms with Gasteiger partial charge in [0, 0.05) is 57.5 Å². The van der Waals surface area contributed by atoms with Crippen LogP contribution in [0.4, 0.5) is 11.4 Å². The predicted octanol–water partition coefficient (Wildman–Crippen LogP) is 9.99. The van der Waals surface area contributed by atoms with Gasteiger partial charge in [-0.15, -0.1) is 0 Å². The van der Waals surface area contributed by atoms with Crippen LogP contribution >= 0.6 is 23.2 Å². The van der Waals surface area contributed by atoms with Crippen molar-refractivity contribution >= 4 is 40.3 Å². The standard InChI is InChI=1S/C33H43Cl2N2/c1-7-9-11-20-36-28-18-16-24(34)22-26(28)32(3,4)30(36)14-13-15-31-33(5,6)27-23-25(35)17-19-29(27)37(31)21-12-10-8-2/h13-19,22-23H,7-12,20-21H2,1-6H3/q+1. The largest absolute Gasteiger partial charge is 0.344 e. The molecule has 0 saturated heterocycles. The molecule has 0 atom stereocenters. The average Bonchev–Trinajstić information content (AvgIpc) is 3.18. The molecule has 0 amide bonds. The van der Waals surface area contributed by atoms with Gasteiger partial charge in [-0.1, -0.05) is 76.2 Å². The molecule has 0 spiro atoms. The molecule has 2 nitrogen and oxygen atoms in total. The lowest BCUT2D eigenvalue weighted by molar-refractivity contribution is -0.438.